The molecule has 0 amide bonds. The van der Waals surface area contributed by atoms with Crippen LogP contribution >= 0.6 is 0 Å². The Hall–Kier alpha value is -8.29. The van der Waals surface area contributed by atoms with Crippen LogP contribution in [0, 0.1) is 11.3 Å². The van der Waals surface area contributed by atoms with Crippen molar-refractivity contribution in [2.24, 2.45) is 0 Å². The highest BCUT2D eigenvalue weighted by Gasteiger charge is 2.32. The Kier molecular flexibility index (Phi) is 10.1. The average Bonchev–Trinajstić information content (AvgIpc) is 3.67. The van der Waals surface area contributed by atoms with E-state index < -0.39 is 23.5 Å². The molecule has 8 aromatic carbocycles. The maximum absolute atomic E-state index is 14.1. The fourth-order valence-corrected chi connectivity index (χ4v) is 8.34. The summed E-state index contributed by atoms with van der Waals surface area (Å²) < 4.78 is 86.6. The van der Waals surface area contributed by atoms with Crippen LogP contribution in [0.5, 0.6) is 0 Å². The zero-order chi connectivity index (χ0) is 44.9. The minimum atomic E-state index is -4.60. The highest BCUT2D eigenvalue weighted by atomic mass is 19.4. The molecule has 0 unspecified atom stereocenters. The largest absolute Gasteiger partial charge is 0.416 e. The van der Waals surface area contributed by atoms with Gasteiger partial charge in [0.05, 0.1) is 50.9 Å². The van der Waals surface area contributed by atoms with Crippen molar-refractivity contribution in [3.8, 4) is 79.0 Å². The van der Waals surface area contributed by atoms with E-state index in [1.165, 1.54) is 24.3 Å². The molecule has 4 nitrogen and oxygen atoms in total. The molecule has 0 spiro atoms. The van der Waals surface area contributed by atoms with E-state index in [9.17, 15) is 31.6 Å². The molecule has 0 aliphatic heterocycles. The lowest BCUT2D eigenvalue weighted by Crippen LogP contribution is -2.06. The molecule has 2 aromatic heterocycles. The summed E-state index contributed by atoms with van der Waals surface area (Å²) in [7, 11) is 0. The van der Waals surface area contributed by atoms with E-state index in [0.29, 0.717) is 56.3 Å². The number of para-hydroxylation sites is 1. The molecule has 0 radical (unpaired) electrons. The van der Waals surface area contributed by atoms with Crippen LogP contribution in [0.3, 0.4) is 0 Å². The van der Waals surface area contributed by atoms with Gasteiger partial charge >= 0.3 is 12.4 Å². The second-order valence-electron chi connectivity index (χ2n) is 15.5. The number of alkyl halides is 6. The molecule has 0 fully saturated rings. The van der Waals surface area contributed by atoms with Gasteiger partial charge in [-0.15, -0.1) is 0 Å². The summed E-state index contributed by atoms with van der Waals surface area (Å²) in [5.41, 5.74) is 7.79. The van der Waals surface area contributed by atoms with Gasteiger partial charge in [0.15, 0.2) is 5.82 Å². The third-order valence-electron chi connectivity index (χ3n) is 11.5. The Morgan fingerprint density at radius 3 is 1.43 bits per heavy atom. The van der Waals surface area contributed by atoms with Crippen molar-refractivity contribution in [2.45, 2.75) is 12.4 Å². The van der Waals surface area contributed by atoms with Crippen LogP contribution in [-0.4, -0.2) is 14.5 Å². The van der Waals surface area contributed by atoms with E-state index >= 15 is 0 Å². The van der Waals surface area contributed by atoms with Crippen LogP contribution in [0.2, 0.25) is 0 Å². The minimum Gasteiger partial charge on any atom is -0.308 e. The second-order valence-corrected chi connectivity index (χ2v) is 15.5. The van der Waals surface area contributed by atoms with Gasteiger partial charge in [0.1, 0.15) is 0 Å². The Bertz CT molecular complexity index is 3290. The van der Waals surface area contributed by atoms with E-state index in [0.717, 1.165) is 68.3 Å². The number of aromatic nitrogens is 3. The van der Waals surface area contributed by atoms with Gasteiger partial charge in [0.2, 0.25) is 0 Å². The Balaban J connectivity index is 1.31. The number of hydrogen-bond acceptors (Lipinski definition) is 3. The summed E-state index contributed by atoms with van der Waals surface area (Å²) in [5, 5.41) is 11.1. The number of benzene rings is 8. The number of fused-ring (bicyclic) bond motifs is 3. The van der Waals surface area contributed by atoms with Gasteiger partial charge in [-0.3, -0.25) is 0 Å². The van der Waals surface area contributed by atoms with Crippen molar-refractivity contribution in [3.63, 3.8) is 0 Å². The SMILES string of the molecule is N#Cc1ccc(-c2ccc3c(c2)c2ccccc2n3-c2c(-c3ccc(C(F)(F)F)cc3)cc(-c3cc(-c4ccccc4)nc(-c4ccccc4)n3)cc2-c2ccc(C(F)(F)F)cc2)cc1. The predicted molar refractivity (Wildman–Crippen MR) is 244 cm³/mol. The fraction of sp³-hybridized carbons (Fsp3) is 0.0364. The van der Waals surface area contributed by atoms with E-state index in [-0.39, 0.29) is 0 Å². The molecule has 0 saturated carbocycles. The van der Waals surface area contributed by atoms with Crippen molar-refractivity contribution in [3.05, 3.63) is 211 Å². The molecule has 10 aromatic rings. The summed E-state index contributed by atoms with van der Waals surface area (Å²) >= 11 is 0. The highest BCUT2D eigenvalue weighted by molar-refractivity contribution is 6.12. The van der Waals surface area contributed by atoms with E-state index in [1.54, 1.807) is 12.1 Å². The zero-order valence-corrected chi connectivity index (χ0v) is 34.0. The number of nitrogens with zero attached hydrogens (tertiary/aromatic N) is 4. The van der Waals surface area contributed by atoms with Gasteiger partial charge in [0, 0.05) is 38.6 Å². The van der Waals surface area contributed by atoms with Crippen molar-refractivity contribution in [1.82, 2.24) is 14.5 Å². The van der Waals surface area contributed by atoms with Crippen LogP contribution in [0.1, 0.15) is 16.7 Å². The van der Waals surface area contributed by atoms with Crippen molar-refractivity contribution in [2.75, 3.05) is 0 Å². The van der Waals surface area contributed by atoms with Crippen molar-refractivity contribution in [1.29, 1.82) is 5.26 Å². The monoisotopic (exact) mass is 862 g/mol. The number of nitriles is 1. The molecular formula is C55H32F6N4. The van der Waals surface area contributed by atoms with E-state index in [4.69, 9.17) is 9.97 Å². The van der Waals surface area contributed by atoms with Gasteiger partial charge < -0.3 is 4.57 Å². The molecule has 10 rings (SSSR count). The lowest BCUT2D eigenvalue weighted by Gasteiger charge is -2.22. The first kappa shape index (κ1) is 40.8. The number of rotatable bonds is 7. The van der Waals surface area contributed by atoms with Crippen LogP contribution in [0.15, 0.2) is 194 Å². The predicted octanol–water partition coefficient (Wildman–Crippen LogP) is 15.5. The third kappa shape index (κ3) is 7.78. The van der Waals surface area contributed by atoms with Crippen LogP contribution < -0.4 is 0 Å². The van der Waals surface area contributed by atoms with Gasteiger partial charge in [-0.2, -0.15) is 31.6 Å². The second kappa shape index (κ2) is 16.1. The maximum Gasteiger partial charge on any atom is 0.416 e. The maximum atomic E-state index is 14.1. The smallest absolute Gasteiger partial charge is 0.308 e. The lowest BCUT2D eigenvalue weighted by molar-refractivity contribution is -0.138. The third-order valence-corrected chi connectivity index (χ3v) is 11.5. The summed E-state index contributed by atoms with van der Waals surface area (Å²) in [4.78, 5) is 10.0. The molecule has 0 aliphatic rings. The molecule has 0 bridgehead atoms. The van der Waals surface area contributed by atoms with Gasteiger partial charge in [-0.1, -0.05) is 121 Å². The molecule has 65 heavy (non-hydrogen) atoms. The van der Waals surface area contributed by atoms with Gasteiger partial charge in [-0.05, 0) is 95.1 Å². The molecule has 0 N–H and O–H groups in total. The first-order valence-corrected chi connectivity index (χ1v) is 20.5. The average molecular weight is 863 g/mol. The zero-order valence-electron chi connectivity index (χ0n) is 34.0. The summed E-state index contributed by atoms with van der Waals surface area (Å²) in [6.07, 6.45) is -9.20. The standard InChI is InChI=1S/C55H32F6N4/c56-54(57,58)42-24-19-36(20-25-42)45-30-41(49-32-48(38-9-3-1-4-10-38)63-53(64-49)39-11-5-2-6-12-39)31-46(37-21-26-43(27-22-37)55(59,60)61)52(45)65-50-14-8-7-13-44(50)47-29-40(23-28-51(47)65)35-17-15-34(33-62)16-18-35/h1-32H. The Morgan fingerprint density at radius 1 is 0.400 bits per heavy atom. The molecule has 314 valence electrons. The highest BCUT2D eigenvalue weighted by Crippen LogP contribution is 2.46. The van der Waals surface area contributed by atoms with Gasteiger partial charge in [-0.25, -0.2) is 9.97 Å². The topological polar surface area (TPSA) is 54.5 Å². The van der Waals surface area contributed by atoms with E-state index in [1.807, 2.05) is 132 Å². The lowest BCUT2D eigenvalue weighted by atomic mass is 9.90. The normalized spacial score (nSPS) is 11.8. The molecule has 0 aliphatic carbocycles. The van der Waals surface area contributed by atoms with Crippen molar-refractivity contribution >= 4 is 21.8 Å². The first-order chi connectivity index (χ1) is 31.4. The fourth-order valence-electron chi connectivity index (χ4n) is 8.34. The Morgan fingerprint density at radius 2 is 0.877 bits per heavy atom. The van der Waals surface area contributed by atoms with Crippen LogP contribution in [-0.2, 0) is 12.4 Å². The van der Waals surface area contributed by atoms with E-state index in [2.05, 4.69) is 12.1 Å². The molecule has 0 atom stereocenters. The summed E-state index contributed by atoms with van der Waals surface area (Å²) in [5.74, 6) is 0.429. The summed E-state index contributed by atoms with van der Waals surface area (Å²) in [6.45, 7) is 0. The van der Waals surface area contributed by atoms with Crippen molar-refractivity contribution < 1.29 is 26.3 Å². The summed E-state index contributed by atoms with van der Waals surface area (Å²) in [6, 6.07) is 57.5. The van der Waals surface area contributed by atoms with Crippen LogP contribution in [0.4, 0.5) is 26.3 Å². The molecular weight excluding hydrogens is 831 g/mol. The molecule has 2 heterocycles. The molecule has 0 saturated heterocycles. The first-order valence-electron chi connectivity index (χ1n) is 20.5. The number of hydrogen-bond donors (Lipinski definition) is 0. The van der Waals surface area contributed by atoms with Gasteiger partial charge in [0.25, 0.3) is 0 Å². The minimum absolute atomic E-state index is 0.429. The Labute approximate surface area is 369 Å². The molecule has 10 heteroatoms. The quantitative estimate of drug-likeness (QED) is 0.150. The number of halogens is 6. The van der Waals surface area contributed by atoms with Crippen LogP contribution in [0.25, 0.3) is 94.8 Å².